The predicted octanol–water partition coefficient (Wildman–Crippen LogP) is 7.15. The van der Waals surface area contributed by atoms with Gasteiger partial charge in [0.05, 0.1) is 0 Å². The quantitative estimate of drug-likeness (QED) is 0.227. The van der Waals surface area contributed by atoms with Crippen molar-refractivity contribution in [2.75, 3.05) is 0 Å². The molecule has 0 nitrogen and oxygen atoms in total. The van der Waals surface area contributed by atoms with Crippen molar-refractivity contribution in [2.24, 2.45) is 0 Å². The molecule has 0 saturated heterocycles. The smallest absolute Gasteiger partial charge is 0.00860 e. The van der Waals surface area contributed by atoms with E-state index in [1.807, 2.05) is 6.08 Å². The predicted molar refractivity (Wildman–Crippen MR) is 100 cm³/mol. The van der Waals surface area contributed by atoms with Crippen LogP contribution in [0.2, 0.25) is 0 Å². The Hall–Kier alpha value is -1.14. The summed E-state index contributed by atoms with van der Waals surface area (Å²) in [6.45, 7) is 10.2. The highest BCUT2D eigenvalue weighted by molar-refractivity contribution is 4.83. The third-order valence-electron chi connectivity index (χ3n) is 2.86. The molecule has 0 radical (unpaired) electrons. The lowest BCUT2D eigenvalue weighted by molar-refractivity contribution is 0.730. The first-order valence-corrected chi connectivity index (χ1v) is 8.72. The van der Waals surface area contributed by atoms with Crippen LogP contribution in [0.25, 0.3) is 0 Å². The van der Waals surface area contributed by atoms with E-state index >= 15 is 0 Å². The van der Waals surface area contributed by atoms with Crippen LogP contribution in [0.15, 0.2) is 12.7 Å². The highest BCUT2D eigenvalue weighted by atomic mass is 13.8. The Morgan fingerprint density at radius 3 is 1.38 bits per heavy atom. The molecule has 0 heterocycles. The number of hydrogen-bond donors (Lipinski definition) is 0. The molecule has 21 heavy (non-hydrogen) atoms. The zero-order chi connectivity index (χ0) is 16.6. The molecule has 0 aromatic carbocycles. The van der Waals surface area contributed by atoms with Crippen molar-refractivity contribution in [1.82, 2.24) is 0 Å². The number of unbranched alkanes of at least 4 members (excludes halogenated alkanes) is 9. The Bertz CT molecular complexity index is 216. The molecule has 0 aromatic rings. The molecule has 0 atom stereocenters. The molecule has 0 spiro atoms. The Labute approximate surface area is 135 Å². The van der Waals surface area contributed by atoms with E-state index in [0.717, 1.165) is 12.8 Å². The van der Waals surface area contributed by atoms with Gasteiger partial charge < -0.3 is 0 Å². The van der Waals surface area contributed by atoms with E-state index in [2.05, 4.69) is 39.2 Å². The highest BCUT2D eigenvalue weighted by Crippen LogP contribution is 1.97. The second kappa shape index (κ2) is 31.3. The zero-order valence-electron chi connectivity index (χ0n) is 14.9. The van der Waals surface area contributed by atoms with Crippen LogP contribution in [0.5, 0.6) is 0 Å². The van der Waals surface area contributed by atoms with Gasteiger partial charge in [-0.3, -0.25) is 0 Å². The van der Waals surface area contributed by atoms with Gasteiger partial charge >= 0.3 is 0 Å². The maximum atomic E-state index is 5.02. The van der Waals surface area contributed by atoms with Gasteiger partial charge in [0.25, 0.3) is 0 Å². The minimum atomic E-state index is 0.952. The summed E-state index contributed by atoms with van der Waals surface area (Å²) in [7, 11) is 0. The first-order chi connectivity index (χ1) is 10.2. The van der Waals surface area contributed by atoms with E-state index < -0.39 is 0 Å². The van der Waals surface area contributed by atoms with E-state index in [1.165, 1.54) is 64.2 Å². The third kappa shape index (κ3) is 45.5. The lowest BCUT2D eigenvalue weighted by Gasteiger charge is -1.87. The summed E-state index contributed by atoms with van der Waals surface area (Å²) in [6.07, 6.45) is 26.6. The molecule has 0 heteroatoms. The first-order valence-electron chi connectivity index (χ1n) is 8.72. The van der Waals surface area contributed by atoms with Gasteiger partial charge in [0, 0.05) is 12.8 Å². The monoisotopic (exact) mass is 290 g/mol. The summed E-state index contributed by atoms with van der Waals surface area (Å²) >= 11 is 0. The molecule has 0 unspecified atom stereocenters. The highest BCUT2D eigenvalue weighted by Gasteiger charge is 1.78. The van der Waals surface area contributed by atoms with Crippen LogP contribution in [0, 0.1) is 24.7 Å². The Kier molecular flexibility index (Phi) is 37.1. The molecule has 0 aliphatic heterocycles. The summed E-state index contributed by atoms with van der Waals surface area (Å²) in [5.41, 5.74) is 0. The molecular weight excluding hydrogens is 252 g/mol. The molecule has 0 fully saturated rings. The molecular formula is C21H38. The second-order valence-electron chi connectivity index (χ2n) is 5.11. The van der Waals surface area contributed by atoms with Crippen molar-refractivity contribution in [3.05, 3.63) is 12.7 Å². The van der Waals surface area contributed by atoms with Gasteiger partial charge in [-0.15, -0.1) is 31.3 Å². The normalized spacial score (nSPS) is 8.24. The third-order valence-corrected chi connectivity index (χ3v) is 2.86. The topological polar surface area (TPSA) is 0 Å². The van der Waals surface area contributed by atoms with Gasteiger partial charge in [0.1, 0.15) is 0 Å². The number of allylic oxidation sites excluding steroid dienone is 1. The molecule has 0 amide bonds. The summed E-state index contributed by atoms with van der Waals surface area (Å²) < 4.78 is 0. The SMILES string of the molecule is C#CCCCCC.C#CCCCCC.C=CCCCCC. The average molecular weight is 291 g/mol. The van der Waals surface area contributed by atoms with Gasteiger partial charge in [0.2, 0.25) is 0 Å². The average Bonchev–Trinajstić information content (AvgIpc) is 2.50. The molecule has 0 rings (SSSR count). The first kappa shape index (κ1) is 24.9. The van der Waals surface area contributed by atoms with Crippen LogP contribution in [0.4, 0.5) is 0 Å². The van der Waals surface area contributed by atoms with E-state index in [1.54, 1.807) is 0 Å². The number of hydrogen-bond acceptors (Lipinski definition) is 0. The molecule has 0 aromatic heterocycles. The fourth-order valence-electron chi connectivity index (χ4n) is 1.49. The van der Waals surface area contributed by atoms with E-state index in [-0.39, 0.29) is 0 Å². The lowest BCUT2D eigenvalue weighted by Crippen LogP contribution is -1.68. The van der Waals surface area contributed by atoms with Crippen molar-refractivity contribution >= 4 is 0 Å². The van der Waals surface area contributed by atoms with Crippen LogP contribution < -0.4 is 0 Å². The van der Waals surface area contributed by atoms with Crippen molar-refractivity contribution in [3.8, 4) is 24.7 Å². The summed E-state index contributed by atoms with van der Waals surface area (Å²) in [5.74, 6) is 5.20. The minimum absolute atomic E-state index is 0.952. The van der Waals surface area contributed by atoms with Crippen LogP contribution in [0.3, 0.4) is 0 Å². The fraction of sp³-hybridized carbons (Fsp3) is 0.714. The number of terminal acetylenes is 2. The van der Waals surface area contributed by atoms with Gasteiger partial charge in [-0.25, -0.2) is 0 Å². The van der Waals surface area contributed by atoms with Crippen LogP contribution in [0.1, 0.15) is 97.8 Å². The summed E-state index contributed by atoms with van der Waals surface area (Å²) in [6, 6.07) is 0. The number of rotatable bonds is 10. The summed E-state index contributed by atoms with van der Waals surface area (Å²) in [5, 5.41) is 0. The van der Waals surface area contributed by atoms with Crippen LogP contribution >= 0.6 is 0 Å². The van der Waals surface area contributed by atoms with Crippen molar-refractivity contribution in [3.63, 3.8) is 0 Å². The lowest BCUT2D eigenvalue weighted by atomic mass is 10.2. The van der Waals surface area contributed by atoms with Gasteiger partial charge in [-0.1, -0.05) is 65.4 Å². The van der Waals surface area contributed by atoms with E-state index in [4.69, 9.17) is 12.8 Å². The molecule has 0 aliphatic carbocycles. The largest absolute Gasteiger partial charge is 0.120 e. The van der Waals surface area contributed by atoms with E-state index in [9.17, 15) is 0 Å². The maximum Gasteiger partial charge on any atom is 0.00860 e. The van der Waals surface area contributed by atoms with Crippen molar-refractivity contribution in [2.45, 2.75) is 97.8 Å². The molecule has 0 N–H and O–H groups in total. The van der Waals surface area contributed by atoms with Gasteiger partial charge in [0.15, 0.2) is 0 Å². The molecule has 0 bridgehead atoms. The van der Waals surface area contributed by atoms with Crippen LogP contribution in [-0.4, -0.2) is 0 Å². The summed E-state index contributed by atoms with van der Waals surface area (Å²) in [4.78, 5) is 0. The van der Waals surface area contributed by atoms with Crippen LogP contribution in [-0.2, 0) is 0 Å². The van der Waals surface area contributed by atoms with Crippen molar-refractivity contribution < 1.29 is 0 Å². The van der Waals surface area contributed by atoms with Gasteiger partial charge in [-0.05, 0) is 25.7 Å². The Morgan fingerprint density at radius 2 is 1.10 bits per heavy atom. The zero-order valence-corrected chi connectivity index (χ0v) is 14.9. The standard InChI is InChI=1S/C7H14.2C7H12/c3*1-3-5-7-6-4-2/h3H,1,4-7H2,2H3;2*1H,4-7H2,2H3. The molecule has 122 valence electrons. The molecule has 0 aliphatic rings. The Morgan fingerprint density at radius 1 is 0.714 bits per heavy atom. The minimum Gasteiger partial charge on any atom is -0.120 e. The van der Waals surface area contributed by atoms with E-state index in [0.29, 0.717) is 0 Å². The molecule has 0 saturated carbocycles. The van der Waals surface area contributed by atoms with Crippen molar-refractivity contribution in [1.29, 1.82) is 0 Å². The van der Waals surface area contributed by atoms with Gasteiger partial charge in [-0.2, -0.15) is 0 Å². The Balaban J connectivity index is -0.000000231. The fourth-order valence-corrected chi connectivity index (χ4v) is 1.49. The maximum absolute atomic E-state index is 5.02. The second-order valence-corrected chi connectivity index (χ2v) is 5.11.